The summed E-state index contributed by atoms with van der Waals surface area (Å²) in [5, 5.41) is 0. The predicted octanol–water partition coefficient (Wildman–Crippen LogP) is 1.96. The lowest BCUT2D eigenvalue weighted by Crippen LogP contribution is -2.11. The molecule has 0 heterocycles. The van der Waals surface area contributed by atoms with Crippen LogP contribution in [0.3, 0.4) is 0 Å². The Morgan fingerprint density at radius 2 is 1.82 bits per heavy atom. The molecule has 0 radical (unpaired) electrons. The third kappa shape index (κ3) is 5.06. The van der Waals surface area contributed by atoms with Crippen LogP contribution in [0.5, 0.6) is 11.5 Å². The number of benzene rings is 1. The number of methoxy groups -OCH3 is 1. The number of hydrogen-bond acceptors (Lipinski definition) is 4. The zero-order valence-electron chi connectivity index (χ0n) is 10.7. The van der Waals surface area contributed by atoms with Gasteiger partial charge in [-0.25, -0.2) is 0 Å². The Labute approximate surface area is 103 Å². The molecule has 0 spiro atoms. The summed E-state index contributed by atoms with van der Waals surface area (Å²) in [6.45, 7) is 5.56. The summed E-state index contributed by atoms with van der Waals surface area (Å²) in [4.78, 5) is 0. The number of nitrogens with two attached hydrogens (primary N) is 1. The molecule has 2 N–H and O–H groups in total. The first-order chi connectivity index (χ1) is 8.15. The Hall–Kier alpha value is -1.26. The van der Waals surface area contributed by atoms with Gasteiger partial charge >= 0.3 is 0 Å². The van der Waals surface area contributed by atoms with Crippen molar-refractivity contribution in [3.05, 3.63) is 23.8 Å². The maximum atomic E-state index is 5.60. The van der Waals surface area contributed by atoms with Gasteiger partial charge in [0.2, 0.25) is 0 Å². The lowest BCUT2D eigenvalue weighted by molar-refractivity contribution is 0.0552. The maximum Gasteiger partial charge on any atom is 0.123 e. The first-order valence-electron chi connectivity index (χ1n) is 5.78. The van der Waals surface area contributed by atoms with Gasteiger partial charge in [-0.3, -0.25) is 0 Å². The third-order valence-corrected chi connectivity index (χ3v) is 2.21. The summed E-state index contributed by atoms with van der Waals surface area (Å²) in [7, 11) is 1.63. The van der Waals surface area contributed by atoms with E-state index in [2.05, 4.69) is 0 Å². The average Bonchev–Trinajstić information content (AvgIpc) is 2.34. The highest BCUT2D eigenvalue weighted by molar-refractivity contribution is 5.38. The van der Waals surface area contributed by atoms with Crippen LogP contribution in [0.1, 0.15) is 19.4 Å². The number of ether oxygens (including phenoxy) is 3. The SMILES string of the molecule is COc1cc(CN)cc(OCCOC(C)C)c1. The molecule has 0 aromatic heterocycles. The highest BCUT2D eigenvalue weighted by Crippen LogP contribution is 2.22. The zero-order chi connectivity index (χ0) is 12.7. The van der Waals surface area contributed by atoms with Crippen molar-refractivity contribution in [2.75, 3.05) is 20.3 Å². The first-order valence-corrected chi connectivity index (χ1v) is 5.78. The van der Waals surface area contributed by atoms with Crippen molar-refractivity contribution in [1.82, 2.24) is 0 Å². The second-order valence-electron chi connectivity index (χ2n) is 3.99. The monoisotopic (exact) mass is 239 g/mol. The molecule has 1 aromatic rings. The molecule has 17 heavy (non-hydrogen) atoms. The standard InChI is InChI=1S/C13H21NO3/c1-10(2)16-4-5-17-13-7-11(9-14)6-12(8-13)15-3/h6-8,10H,4-5,9,14H2,1-3H3. The van der Waals surface area contributed by atoms with Crippen molar-refractivity contribution in [3.63, 3.8) is 0 Å². The lowest BCUT2D eigenvalue weighted by atomic mass is 10.2. The topological polar surface area (TPSA) is 53.7 Å². The minimum atomic E-state index is 0.225. The van der Waals surface area contributed by atoms with E-state index < -0.39 is 0 Å². The molecular formula is C13H21NO3. The van der Waals surface area contributed by atoms with E-state index in [-0.39, 0.29) is 6.10 Å². The van der Waals surface area contributed by atoms with Crippen LogP contribution in [0.2, 0.25) is 0 Å². The second-order valence-corrected chi connectivity index (χ2v) is 3.99. The van der Waals surface area contributed by atoms with Crippen LogP contribution < -0.4 is 15.2 Å². The molecule has 0 fully saturated rings. The minimum Gasteiger partial charge on any atom is -0.497 e. The van der Waals surface area contributed by atoms with Gasteiger partial charge in [0.1, 0.15) is 18.1 Å². The van der Waals surface area contributed by atoms with Gasteiger partial charge in [-0.15, -0.1) is 0 Å². The van der Waals surface area contributed by atoms with E-state index in [1.54, 1.807) is 7.11 Å². The second kappa shape index (κ2) is 7.14. The molecule has 0 saturated carbocycles. The van der Waals surface area contributed by atoms with E-state index in [9.17, 15) is 0 Å². The van der Waals surface area contributed by atoms with E-state index >= 15 is 0 Å². The van der Waals surface area contributed by atoms with Crippen molar-refractivity contribution in [1.29, 1.82) is 0 Å². The average molecular weight is 239 g/mol. The summed E-state index contributed by atoms with van der Waals surface area (Å²) in [6, 6.07) is 5.66. The van der Waals surface area contributed by atoms with Gasteiger partial charge in [-0.1, -0.05) is 0 Å². The number of rotatable bonds is 7. The summed E-state index contributed by atoms with van der Waals surface area (Å²) in [6.07, 6.45) is 0.225. The maximum absolute atomic E-state index is 5.60. The van der Waals surface area contributed by atoms with Gasteiger partial charge < -0.3 is 19.9 Å². The van der Waals surface area contributed by atoms with Gasteiger partial charge in [0, 0.05) is 12.6 Å². The molecule has 0 aliphatic carbocycles. The molecular weight excluding hydrogens is 218 g/mol. The summed E-state index contributed by atoms with van der Waals surface area (Å²) in [5.41, 5.74) is 6.59. The van der Waals surface area contributed by atoms with Crippen molar-refractivity contribution in [2.45, 2.75) is 26.5 Å². The predicted molar refractivity (Wildman–Crippen MR) is 67.5 cm³/mol. The van der Waals surface area contributed by atoms with Crippen molar-refractivity contribution in [2.24, 2.45) is 5.73 Å². The smallest absolute Gasteiger partial charge is 0.123 e. The Kier molecular flexibility index (Phi) is 5.80. The molecule has 0 aliphatic heterocycles. The lowest BCUT2D eigenvalue weighted by Gasteiger charge is -2.11. The molecule has 1 aromatic carbocycles. The van der Waals surface area contributed by atoms with E-state index in [1.165, 1.54) is 0 Å². The molecule has 4 nitrogen and oxygen atoms in total. The van der Waals surface area contributed by atoms with Crippen LogP contribution in [0.25, 0.3) is 0 Å². The normalized spacial score (nSPS) is 10.6. The van der Waals surface area contributed by atoms with Crippen LogP contribution in [0.15, 0.2) is 18.2 Å². The Morgan fingerprint density at radius 3 is 2.41 bits per heavy atom. The highest BCUT2D eigenvalue weighted by Gasteiger charge is 2.02. The van der Waals surface area contributed by atoms with Crippen molar-refractivity contribution in [3.8, 4) is 11.5 Å². The summed E-state index contributed by atoms with van der Waals surface area (Å²) in [5.74, 6) is 1.52. The Morgan fingerprint density at radius 1 is 1.12 bits per heavy atom. The third-order valence-electron chi connectivity index (χ3n) is 2.21. The van der Waals surface area contributed by atoms with Crippen LogP contribution >= 0.6 is 0 Å². The summed E-state index contributed by atoms with van der Waals surface area (Å²) >= 11 is 0. The molecule has 1 rings (SSSR count). The number of hydrogen-bond donors (Lipinski definition) is 1. The zero-order valence-corrected chi connectivity index (χ0v) is 10.7. The Balaban J connectivity index is 2.51. The van der Waals surface area contributed by atoms with Gasteiger partial charge in [0.15, 0.2) is 0 Å². The van der Waals surface area contributed by atoms with Crippen molar-refractivity contribution < 1.29 is 14.2 Å². The van der Waals surface area contributed by atoms with Crippen LogP contribution in [0.4, 0.5) is 0 Å². The summed E-state index contributed by atoms with van der Waals surface area (Å²) < 4.78 is 16.2. The first kappa shape index (κ1) is 13.8. The fourth-order valence-corrected chi connectivity index (χ4v) is 1.39. The molecule has 0 bridgehead atoms. The molecule has 0 amide bonds. The quantitative estimate of drug-likeness (QED) is 0.739. The molecule has 0 atom stereocenters. The van der Waals surface area contributed by atoms with E-state index in [1.807, 2.05) is 32.0 Å². The molecule has 96 valence electrons. The molecule has 0 unspecified atom stereocenters. The fraction of sp³-hybridized carbons (Fsp3) is 0.538. The van der Waals surface area contributed by atoms with Crippen LogP contribution in [-0.4, -0.2) is 26.4 Å². The highest BCUT2D eigenvalue weighted by atomic mass is 16.5. The van der Waals surface area contributed by atoms with Gasteiger partial charge in [0.25, 0.3) is 0 Å². The minimum absolute atomic E-state index is 0.225. The van der Waals surface area contributed by atoms with Gasteiger partial charge in [0.05, 0.1) is 19.8 Å². The van der Waals surface area contributed by atoms with E-state index in [0.29, 0.717) is 19.8 Å². The van der Waals surface area contributed by atoms with E-state index in [4.69, 9.17) is 19.9 Å². The van der Waals surface area contributed by atoms with Gasteiger partial charge in [-0.05, 0) is 31.5 Å². The van der Waals surface area contributed by atoms with Crippen LogP contribution in [0, 0.1) is 0 Å². The van der Waals surface area contributed by atoms with Crippen LogP contribution in [-0.2, 0) is 11.3 Å². The molecule has 4 heteroatoms. The largest absolute Gasteiger partial charge is 0.497 e. The molecule has 0 saturated heterocycles. The Bertz CT molecular complexity index is 317. The molecule has 0 aliphatic rings. The fourth-order valence-electron chi connectivity index (χ4n) is 1.39. The van der Waals surface area contributed by atoms with E-state index in [0.717, 1.165) is 17.1 Å². The van der Waals surface area contributed by atoms with Crippen molar-refractivity contribution >= 4 is 0 Å². The van der Waals surface area contributed by atoms with Gasteiger partial charge in [-0.2, -0.15) is 0 Å².